The van der Waals surface area contributed by atoms with Gasteiger partial charge in [-0.2, -0.15) is 0 Å². The lowest BCUT2D eigenvalue weighted by atomic mass is 10.2. The second kappa shape index (κ2) is 11.2. The summed E-state index contributed by atoms with van der Waals surface area (Å²) in [4.78, 5) is 50.6. The van der Waals surface area contributed by atoms with Crippen LogP contribution in [0, 0.1) is 0 Å². The van der Waals surface area contributed by atoms with Gasteiger partial charge in [-0.1, -0.05) is 26.2 Å². The Labute approximate surface area is 181 Å². The van der Waals surface area contributed by atoms with E-state index in [1.54, 1.807) is 7.05 Å². The fourth-order valence-corrected chi connectivity index (χ4v) is 3.83. The Balaban J connectivity index is 1.60. The molecule has 0 atom stereocenters. The van der Waals surface area contributed by atoms with E-state index in [-0.39, 0.29) is 11.4 Å². The summed E-state index contributed by atoms with van der Waals surface area (Å²) in [5, 5.41) is 0. The van der Waals surface area contributed by atoms with Crippen LogP contribution in [0.1, 0.15) is 44.9 Å². The van der Waals surface area contributed by atoms with Gasteiger partial charge in [0.25, 0.3) is 5.56 Å². The molecule has 2 N–H and O–H groups in total. The number of amides is 1. The van der Waals surface area contributed by atoms with Crippen LogP contribution in [0.5, 0.6) is 0 Å². The molecule has 0 bridgehead atoms. The zero-order valence-electron chi connectivity index (χ0n) is 18.6. The molecule has 2 aromatic rings. The Morgan fingerprint density at radius 3 is 2.65 bits per heavy atom. The number of aryl methyl sites for hydroxylation is 2. The predicted molar refractivity (Wildman–Crippen MR) is 118 cm³/mol. The minimum absolute atomic E-state index is 0.0908. The van der Waals surface area contributed by atoms with E-state index in [1.165, 1.54) is 11.0 Å². The van der Waals surface area contributed by atoms with Gasteiger partial charge in [0, 0.05) is 52.6 Å². The topological polar surface area (TPSA) is 116 Å². The Morgan fingerprint density at radius 2 is 1.90 bits per heavy atom. The largest absolute Gasteiger partial charge is 0.379 e. The number of rotatable bonds is 11. The molecule has 0 radical (unpaired) electrons. The molecule has 0 aliphatic carbocycles. The van der Waals surface area contributed by atoms with Crippen molar-refractivity contribution in [1.82, 2.24) is 29.3 Å². The lowest BCUT2D eigenvalue weighted by Gasteiger charge is -2.30. The first-order valence-electron chi connectivity index (χ1n) is 11.3. The lowest BCUT2D eigenvalue weighted by molar-refractivity contribution is -0.131. The molecule has 1 fully saturated rings. The fraction of sp³-hybridized carbons (Fsp3) is 0.714. The SMILES string of the molecule is CCCCCCN(CCN1CCOCC1)C(=O)CCc1nc2c([nH]1)c(=O)[nH]c(=O)n2C. The highest BCUT2D eigenvalue weighted by molar-refractivity contribution is 5.76. The molecule has 1 amide bonds. The summed E-state index contributed by atoms with van der Waals surface area (Å²) in [6.45, 7) is 7.81. The van der Waals surface area contributed by atoms with Crippen molar-refractivity contribution in [2.24, 2.45) is 7.05 Å². The van der Waals surface area contributed by atoms with Crippen molar-refractivity contribution in [3.63, 3.8) is 0 Å². The number of morpholine rings is 1. The third-order valence-electron chi connectivity index (χ3n) is 5.80. The number of fused-ring (bicyclic) bond motifs is 1. The van der Waals surface area contributed by atoms with Gasteiger partial charge in [0.2, 0.25) is 5.91 Å². The third-order valence-corrected chi connectivity index (χ3v) is 5.80. The molecule has 0 spiro atoms. The molecular formula is C21H34N6O4. The van der Waals surface area contributed by atoms with Crippen molar-refractivity contribution < 1.29 is 9.53 Å². The standard InChI is InChI=1S/C21H34N6O4/c1-3-4-5-6-9-27(11-10-26-12-14-31-15-13-26)17(28)8-7-16-22-18-19(23-16)25(2)21(30)24-20(18)29/h3-15H2,1-2H3,(H,22,23)(H,24,29,30). The second-order valence-corrected chi connectivity index (χ2v) is 8.10. The maximum absolute atomic E-state index is 13.0. The van der Waals surface area contributed by atoms with Gasteiger partial charge in [-0.05, 0) is 6.42 Å². The minimum atomic E-state index is -0.506. The monoisotopic (exact) mass is 434 g/mol. The molecular weight excluding hydrogens is 400 g/mol. The molecule has 2 aromatic heterocycles. The number of hydrogen-bond acceptors (Lipinski definition) is 6. The normalized spacial score (nSPS) is 14.9. The number of nitrogens with one attached hydrogen (secondary N) is 2. The molecule has 0 aromatic carbocycles. The van der Waals surface area contributed by atoms with Crippen LogP contribution in [-0.2, 0) is 23.0 Å². The quantitative estimate of drug-likeness (QED) is 0.501. The van der Waals surface area contributed by atoms with Gasteiger partial charge in [-0.3, -0.25) is 24.0 Å². The summed E-state index contributed by atoms with van der Waals surface area (Å²) in [7, 11) is 1.56. The van der Waals surface area contributed by atoms with Crippen molar-refractivity contribution >= 4 is 17.1 Å². The van der Waals surface area contributed by atoms with Crippen LogP contribution in [0.2, 0.25) is 0 Å². The van der Waals surface area contributed by atoms with E-state index >= 15 is 0 Å². The molecule has 10 heteroatoms. The third kappa shape index (κ3) is 6.27. The van der Waals surface area contributed by atoms with Gasteiger partial charge in [0.05, 0.1) is 13.2 Å². The number of hydrogen-bond donors (Lipinski definition) is 2. The highest BCUT2D eigenvalue weighted by Gasteiger charge is 2.18. The van der Waals surface area contributed by atoms with E-state index in [9.17, 15) is 14.4 Å². The van der Waals surface area contributed by atoms with E-state index in [0.29, 0.717) is 30.9 Å². The number of ether oxygens (including phenoxy) is 1. The van der Waals surface area contributed by atoms with Crippen molar-refractivity contribution in [3.8, 4) is 0 Å². The molecule has 1 aliphatic rings. The van der Waals surface area contributed by atoms with Crippen LogP contribution in [0.4, 0.5) is 0 Å². The van der Waals surface area contributed by atoms with Crippen molar-refractivity contribution in [2.45, 2.75) is 45.4 Å². The smallest absolute Gasteiger partial charge is 0.329 e. The maximum atomic E-state index is 13.0. The first-order valence-corrected chi connectivity index (χ1v) is 11.3. The van der Waals surface area contributed by atoms with Crippen LogP contribution in [-0.4, -0.2) is 81.2 Å². The van der Waals surface area contributed by atoms with Gasteiger partial charge < -0.3 is 14.6 Å². The highest BCUT2D eigenvalue weighted by Crippen LogP contribution is 2.09. The van der Waals surface area contributed by atoms with Crippen LogP contribution in [0.15, 0.2) is 9.59 Å². The van der Waals surface area contributed by atoms with E-state index in [4.69, 9.17) is 4.74 Å². The maximum Gasteiger partial charge on any atom is 0.329 e. The zero-order chi connectivity index (χ0) is 22.2. The first kappa shape index (κ1) is 23.2. The van der Waals surface area contributed by atoms with E-state index < -0.39 is 11.2 Å². The van der Waals surface area contributed by atoms with Crippen LogP contribution in [0.3, 0.4) is 0 Å². The van der Waals surface area contributed by atoms with E-state index in [2.05, 4.69) is 26.8 Å². The van der Waals surface area contributed by atoms with Gasteiger partial charge in [-0.15, -0.1) is 0 Å². The van der Waals surface area contributed by atoms with E-state index in [1.807, 2.05) is 4.90 Å². The van der Waals surface area contributed by atoms with Crippen molar-refractivity contribution in [2.75, 3.05) is 45.9 Å². The van der Waals surface area contributed by atoms with Crippen molar-refractivity contribution in [3.05, 3.63) is 26.7 Å². The zero-order valence-corrected chi connectivity index (χ0v) is 18.6. The van der Waals surface area contributed by atoms with Crippen LogP contribution >= 0.6 is 0 Å². The molecule has 10 nitrogen and oxygen atoms in total. The Morgan fingerprint density at radius 1 is 1.13 bits per heavy atom. The highest BCUT2D eigenvalue weighted by atomic mass is 16.5. The molecule has 1 saturated heterocycles. The number of aromatic amines is 2. The number of carbonyl (C=O) groups is 1. The number of aromatic nitrogens is 4. The van der Waals surface area contributed by atoms with E-state index in [0.717, 1.165) is 58.7 Å². The molecule has 0 unspecified atom stereocenters. The molecule has 3 rings (SSSR count). The number of H-pyrrole nitrogens is 2. The lowest BCUT2D eigenvalue weighted by Crippen LogP contribution is -2.43. The Bertz CT molecular complexity index is 972. The fourth-order valence-electron chi connectivity index (χ4n) is 3.83. The molecule has 0 saturated carbocycles. The van der Waals surface area contributed by atoms with Crippen LogP contribution in [0.25, 0.3) is 11.2 Å². The summed E-state index contributed by atoms with van der Waals surface area (Å²) >= 11 is 0. The van der Waals surface area contributed by atoms with Crippen molar-refractivity contribution in [1.29, 1.82) is 0 Å². The average molecular weight is 435 g/mol. The number of carbonyl (C=O) groups excluding carboxylic acids is 1. The number of unbranched alkanes of at least 4 members (excludes halogenated alkanes) is 3. The average Bonchev–Trinajstić information content (AvgIpc) is 3.21. The summed E-state index contributed by atoms with van der Waals surface area (Å²) in [6.07, 6.45) is 5.17. The molecule has 172 valence electrons. The van der Waals surface area contributed by atoms with Gasteiger partial charge in [0.1, 0.15) is 11.3 Å². The number of nitrogens with zero attached hydrogens (tertiary/aromatic N) is 4. The molecule has 1 aliphatic heterocycles. The second-order valence-electron chi connectivity index (χ2n) is 8.10. The molecule has 3 heterocycles. The van der Waals surface area contributed by atoms with Gasteiger partial charge in [-0.25, -0.2) is 9.78 Å². The van der Waals surface area contributed by atoms with Crippen LogP contribution < -0.4 is 11.2 Å². The molecule has 31 heavy (non-hydrogen) atoms. The first-order chi connectivity index (χ1) is 15.0. The Kier molecular flexibility index (Phi) is 8.42. The number of imidazole rings is 1. The summed E-state index contributed by atoms with van der Waals surface area (Å²) in [5.74, 6) is 0.627. The summed E-state index contributed by atoms with van der Waals surface area (Å²) in [6, 6.07) is 0. The van der Waals surface area contributed by atoms with Gasteiger partial charge in [0.15, 0.2) is 5.65 Å². The minimum Gasteiger partial charge on any atom is -0.379 e. The summed E-state index contributed by atoms with van der Waals surface area (Å²) < 4.78 is 6.70. The van der Waals surface area contributed by atoms with Gasteiger partial charge >= 0.3 is 5.69 Å². The summed E-state index contributed by atoms with van der Waals surface area (Å²) in [5.41, 5.74) is -0.438. The Hall–Kier alpha value is -2.46. The predicted octanol–water partition coefficient (Wildman–Crippen LogP) is 0.624.